The van der Waals surface area contributed by atoms with Gasteiger partial charge in [-0.2, -0.15) is 0 Å². The quantitative estimate of drug-likeness (QED) is 0.858. The largest absolute Gasteiger partial charge is 0.341 e. The molecule has 1 aliphatic heterocycles. The van der Waals surface area contributed by atoms with Gasteiger partial charge in [-0.3, -0.25) is 10.2 Å². The lowest BCUT2D eigenvalue weighted by molar-refractivity contribution is 0.165. The van der Waals surface area contributed by atoms with Crippen molar-refractivity contribution in [3.63, 3.8) is 0 Å². The topological polar surface area (TPSA) is 47.6 Å². The van der Waals surface area contributed by atoms with Gasteiger partial charge in [0.05, 0.1) is 19.0 Å². The van der Waals surface area contributed by atoms with Crippen LogP contribution in [0.15, 0.2) is 18.2 Å². The van der Waals surface area contributed by atoms with Crippen molar-refractivity contribution in [3.05, 3.63) is 29.3 Å². The summed E-state index contributed by atoms with van der Waals surface area (Å²) in [4.78, 5) is 14.0. The van der Waals surface area contributed by atoms with Gasteiger partial charge in [0.15, 0.2) is 0 Å². The summed E-state index contributed by atoms with van der Waals surface area (Å²) in [5.74, 6) is 0. The first-order valence-electron chi connectivity index (χ1n) is 5.68. The number of halogens is 1. The van der Waals surface area contributed by atoms with E-state index in [4.69, 9.17) is 0 Å². The van der Waals surface area contributed by atoms with Crippen LogP contribution in [0, 0.1) is 13.8 Å². The van der Waals surface area contributed by atoms with Crippen LogP contribution in [-0.2, 0) is 0 Å². The zero-order chi connectivity index (χ0) is 12.4. The summed E-state index contributed by atoms with van der Waals surface area (Å²) in [6.45, 7) is 5.11. The Bertz CT molecular complexity index is 418. The van der Waals surface area contributed by atoms with E-state index in [1.165, 1.54) is 0 Å². The molecule has 0 atom stereocenters. The zero-order valence-electron chi connectivity index (χ0n) is 10.9. The summed E-state index contributed by atoms with van der Waals surface area (Å²) in [5.41, 5.74) is 6.08. The van der Waals surface area contributed by atoms with Crippen LogP contribution in [0.2, 0.25) is 0 Å². The van der Waals surface area contributed by atoms with E-state index in [0.29, 0.717) is 13.3 Å². The maximum Gasteiger partial charge on any atom is 0.341 e. The smallest absolute Gasteiger partial charge is 0.281 e. The van der Waals surface area contributed by atoms with Crippen molar-refractivity contribution in [3.8, 4) is 0 Å². The summed E-state index contributed by atoms with van der Waals surface area (Å²) >= 11 is 0. The molecule has 1 fully saturated rings. The molecule has 1 saturated heterocycles. The van der Waals surface area contributed by atoms with Crippen molar-refractivity contribution >= 4 is 24.1 Å². The number of hydrogen-bond acceptors (Lipinski definition) is 3. The molecule has 1 heterocycles. The molecule has 0 aliphatic carbocycles. The fourth-order valence-electron chi connectivity index (χ4n) is 2.14. The van der Waals surface area contributed by atoms with Crippen LogP contribution < -0.4 is 15.6 Å². The second-order valence-corrected chi connectivity index (χ2v) is 4.17. The Kier molecular flexibility index (Phi) is 4.95. The summed E-state index contributed by atoms with van der Waals surface area (Å²) in [6.07, 6.45) is 0. The van der Waals surface area contributed by atoms with Crippen LogP contribution in [-0.4, -0.2) is 31.4 Å². The van der Waals surface area contributed by atoms with Crippen LogP contribution in [0.4, 0.5) is 10.5 Å². The lowest BCUT2D eigenvalue weighted by atomic mass is 10.1. The highest BCUT2D eigenvalue weighted by Gasteiger charge is 2.27. The Labute approximate surface area is 114 Å². The SMILES string of the molecule is CNN1CNCN(c2c(C)cccc2C)C1=O.Cl. The number of carbonyl (C=O) groups excluding carboxylic acids is 1. The Hall–Kier alpha value is -1.30. The van der Waals surface area contributed by atoms with E-state index in [1.807, 2.05) is 32.0 Å². The lowest BCUT2D eigenvalue weighted by Crippen LogP contribution is -2.60. The minimum absolute atomic E-state index is 0. The predicted molar refractivity (Wildman–Crippen MR) is 74.8 cm³/mol. The maximum atomic E-state index is 12.2. The maximum absolute atomic E-state index is 12.2. The highest BCUT2D eigenvalue weighted by Crippen LogP contribution is 2.25. The van der Waals surface area contributed by atoms with Crippen LogP contribution in [0.25, 0.3) is 0 Å². The first-order chi connectivity index (χ1) is 8.15. The molecule has 5 nitrogen and oxygen atoms in total. The normalized spacial score (nSPS) is 15.6. The molecule has 0 saturated carbocycles. The molecule has 0 unspecified atom stereocenters. The van der Waals surface area contributed by atoms with Crippen molar-refractivity contribution in [2.24, 2.45) is 0 Å². The minimum Gasteiger partial charge on any atom is -0.281 e. The van der Waals surface area contributed by atoms with E-state index in [1.54, 1.807) is 17.0 Å². The lowest BCUT2D eigenvalue weighted by Gasteiger charge is -2.36. The number of anilines is 1. The van der Waals surface area contributed by atoms with Gasteiger partial charge >= 0.3 is 6.03 Å². The van der Waals surface area contributed by atoms with Gasteiger partial charge < -0.3 is 0 Å². The van der Waals surface area contributed by atoms with Crippen LogP contribution >= 0.6 is 12.4 Å². The van der Waals surface area contributed by atoms with Gasteiger partial charge in [-0.05, 0) is 25.0 Å². The molecule has 6 heteroatoms. The predicted octanol–water partition coefficient (Wildman–Crippen LogP) is 1.61. The second-order valence-electron chi connectivity index (χ2n) is 4.17. The van der Waals surface area contributed by atoms with Crippen LogP contribution in [0.5, 0.6) is 0 Å². The number of urea groups is 1. The van der Waals surface area contributed by atoms with Crippen LogP contribution in [0.1, 0.15) is 11.1 Å². The van der Waals surface area contributed by atoms with Crippen molar-refractivity contribution in [2.45, 2.75) is 13.8 Å². The van der Waals surface area contributed by atoms with Crippen molar-refractivity contribution in [1.82, 2.24) is 15.8 Å². The summed E-state index contributed by atoms with van der Waals surface area (Å²) in [7, 11) is 1.74. The van der Waals surface area contributed by atoms with E-state index in [0.717, 1.165) is 16.8 Å². The molecule has 100 valence electrons. The summed E-state index contributed by atoms with van der Waals surface area (Å²) < 4.78 is 0. The molecule has 2 amide bonds. The Morgan fingerprint density at radius 1 is 1.22 bits per heavy atom. The second kappa shape index (κ2) is 6.04. The third kappa shape index (κ3) is 2.58. The number of amides is 2. The average Bonchev–Trinajstić information content (AvgIpc) is 2.31. The molecule has 2 N–H and O–H groups in total. The number of aryl methyl sites for hydroxylation is 2. The standard InChI is InChI=1S/C12H18N4O.ClH/c1-9-5-4-6-10(2)11(9)15-7-14-8-16(13-3)12(15)17;/h4-6,13-14H,7-8H2,1-3H3;1H. The first kappa shape index (κ1) is 14.8. The Morgan fingerprint density at radius 2 is 1.83 bits per heavy atom. The number of benzene rings is 1. The van der Waals surface area contributed by atoms with E-state index in [2.05, 4.69) is 10.7 Å². The molecule has 0 radical (unpaired) electrons. The molecule has 1 aromatic carbocycles. The van der Waals surface area contributed by atoms with Crippen molar-refractivity contribution in [2.75, 3.05) is 25.3 Å². The number of rotatable bonds is 2. The molecule has 0 bridgehead atoms. The van der Waals surface area contributed by atoms with E-state index < -0.39 is 0 Å². The number of para-hydroxylation sites is 1. The van der Waals surface area contributed by atoms with Crippen molar-refractivity contribution < 1.29 is 4.79 Å². The van der Waals surface area contributed by atoms with Gasteiger partial charge in [0, 0.05) is 7.05 Å². The number of hydrogen-bond donors (Lipinski definition) is 2. The summed E-state index contributed by atoms with van der Waals surface area (Å²) in [5, 5.41) is 4.74. The van der Waals surface area contributed by atoms with E-state index >= 15 is 0 Å². The Morgan fingerprint density at radius 3 is 2.39 bits per heavy atom. The molecule has 18 heavy (non-hydrogen) atoms. The molecule has 2 rings (SSSR count). The highest BCUT2D eigenvalue weighted by atomic mass is 35.5. The third-order valence-corrected chi connectivity index (χ3v) is 2.98. The van der Waals surface area contributed by atoms with Gasteiger partial charge in [-0.25, -0.2) is 15.2 Å². The fraction of sp³-hybridized carbons (Fsp3) is 0.417. The van der Waals surface area contributed by atoms with Gasteiger partial charge in [0.25, 0.3) is 0 Å². The third-order valence-electron chi connectivity index (χ3n) is 2.98. The van der Waals surface area contributed by atoms with E-state index in [9.17, 15) is 4.79 Å². The first-order valence-corrected chi connectivity index (χ1v) is 5.68. The fourth-order valence-corrected chi connectivity index (χ4v) is 2.14. The molecule has 0 aromatic heterocycles. The molecule has 0 spiro atoms. The molecule has 1 aliphatic rings. The number of hydrazine groups is 1. The van der Waals surface area contributed by atoms with E-state index in [-0.39, 0.29) is 18.4 Å². The zero-order valence-corrected chi connectivity index (χ0v) is 11.7. The Balaban J connectivity index is 0.00000162. The van der Waals surface area contributed by atoms with Gasteiger partial charge in [-0.15, -0.1) is 12.4 Å². The number of carbonyl (C=O) groups is 1. The van der Waals surface area contributed by atoms with Crippen LogP contribution in [0.3, 0.4) is 0 Å². The minimum atomic E-state index is -0.0244. The van der Waals surface area contributed by atoms with Gasteiger partial charge in [-0.1, -0.05) is 18.2 Å². The number of nitrogens with one attached hydrogen (secondary N) is 2. The molecular weight excluding hydrogens is 252 g/mol. The highest BCUT2D eigenvalue weighted by molar-refractivity contribution is 5.93. The number of nitrogens with zero attached hydrogens (tertiary/aromatic N) is 2. The summed E-state index contributed by atoms with van der Waals surface area (Å²) in [6, 6.07) is 6.02. The molecule has 1 aromatic rings. The average molecular weight is 271 g/mol. The molecular formula is C12H19ClN4O. The van der Waals surface area contributed by atoms with Crippen molar-refractivity contribution in [1.29, 1.82) is 0 Å². The van der Waals surface area contributed by atoms with Gasteiger partial charge in [0.1, 0.15) is 0 Å². The monoisotopic (exact) mass is 270 g/mol. The van der Waals surface area contributed by atoms with Gasteiger partial charge in [0.2, 0.25) is 0 Å².